The maximum Gasteiger partial charge on any atom is 0.275 e. The molecule has 7 aromatic rings. The van der Waals surface area contributed by atoms with Crippen LogP contribution in [-0.2, 0) is 35.2 Å². The minimum absolute atomic E-state index is 0.0261. The Hall–Kier alpha value is -10.9. The lowest BCUT2D eigenvalue weighted by Crippen LogP contribution is -2.26. The van der Waals surface area contributed by atoms with E-state index < -0.39 is 21.9 Å². The van der Waals surface area contributed by atoms with E-state index in [0.717, 1.165) is 161 Å². The standard InChI is InChI=1S/C91H100N8O5/c1-15-19-54-94(55-20-16-2)72-46-42-70(43-47-72)76(68-38-34-66(35-39-68)61-97-81-32-25-23-30-79(81)90(9,10)83(97)52-50-74-64(7)78(60-92)88(102)99(63(5)6)87(74)101)28-27-29-77(71-44-48-73(49-45-71)95(56-21-17-3)57-22-18-4)69-40-36-67(37-41-69)62-98-82-33-26-24-31-80(82)91(11,12)84(98)53-51-75-65(8)85(93-13)89(103)96(86(75)100)58-59-104-14/h23-51H,5,15-22,54-59,61-62H2,1-4,6-12,14H3,(H-,100,101,102,103)/p+1. The molecule has 10 rings (SSSR count). The van der Waals surface area contributed by atoms with Crippen LogP contribution in [-0.4, -0.2) is 69.5 Å². The summed E-state index contributed by atoms with van der Waals surface area (Å²) in [7, 11) is 1.53. The molecule has 104 heavy (non-hydrogen) atoms. The minimum Gasteiger partial charge on any atom is -0.503 e. The van der Waals surface area contributed by atoms with Crippen molar-refractivity contribution in [3.05, 3.63) is 298 Å². The predicted molar refractivity (Wildman–Crippen MR) is 430 cm³/mol. The number of benzene rings is 5. The van der Waals surface area contributed by atoms with Gasteiger partial charge in [-0.3, -0.25) is 18.7 Å². The van der Waals surface area contributed by atoms with Gasteiger partial charge in [0.2, 0.25) is 11.6 Å². The van der Waals surface area contributed by atoms with Crippen molar-refractivity contribution in [1.82, 2.24) is 9.13 Å². The molecule has 5 aromatic carbocycles. The average molecular weight is 1390 g/mol. The lowest BCUT2D eigenvalue weighted by atomic mass is 9.84. The molecule has 0 radical (unpaired) electrons. The first-order valence-electron chi connectivity index (χ1n) is 36.9. The molecular formula is C91H101N8O5+. The van der Waals surface area contributed by atoms with Crippen molar-refractivity contribution in [2.45, 2.75) is 158 Å². The van der Waals surface area contributed by atoms with Crippen molar-refractivity contribution in [3.63, 3.8) is 0 Å². The van der Waals surface area contributed by atoms with E-state index in [0.29, 0.717) is 41.0 Å². The number of nitrogens with zero attached hydrogens (tertiary/aromatic N) is 8. The van der Waals surface area contributed by atoms with E-state index in [1.54, 1.807) is 32.9 Å². The van der Waals surface area contributed by atoms with Crippen LogP contribution in [0.25, 0.3) is 33.8 Å². The maximum atomic E-state index is 14.1. The summed E-state index contributed by atoms with van der Waals surface area (Å²) in [4.78, 5) is 38.1. The number of hydrogen-bond donors (Lipinski definition) is 2. The van der Waals surface area contributed by atoms with Gasteiger partial charge in [-0.25, -0.2) is 9.42 Å². The van der Waals surface area contributed by atoms with Gasteiger partial charge in [0.1, 0.15) is 24.7 Å². The number of anilines is 3. The first-order valence-corrected chi connectivity index (χ1v) is 36.9. The van der Waals surface area contributed by atoms with Gasteiger partial charge in [0.05, 0.1) is 31.1 Å². The van der Waals surface area contributed by atoms with Gasteiger partial charge in [0.15, 0.2) is 11.6 Å². The van der Waals surface area contributed by atoms with Gasteiger partial charge in [-0.1, -0.05) is 187 Å². The van der Waals surface area contributed by atoms with Crippen molar-refractivity contribution in [3.8, 4) is 17.8 Å². The van der Waals surface area contributed by atoms with Gasteiger partial charge < -0.3 is 29.6 Å². The van der Waals surface area contributed by atoms with Crippen molar-refractivity contribution >= 4 is 57.5 Å². The zero-order chi connectivity index (χ0) is 74.4. The lowest BCUT2D eigenvalue weighted by molar-refractivity contribution is -0.527. The molecule has 4 heterocycles. The smallest absolute Gasteiger partial charge is 0.275 e. The summed E-state index contributed by atoms with van der Waals surface area (Å²) in [6.07, 6.45) is 28.2. The van der Waals surface area contributed by atoms with Gasteiger partial charge in [-0.15, -0.1) is 0 Å². The van der Waals surface area contributed by atoms with Crippen LogP contribution >= 0.6 is 0 Å². The fraction of sp³-hybridized carbons (Fsp3) is 0.330. The molecule has 2 N–H and O–H groups in total. The number of ether oxygens (including phenoxy) is 1. The highest BCUT2D eigenvalue weighted by Gasteiger charge is 2.42. The second-order valence-corrected chi connectivity index (χ2v) is 28.5. The van der Waals surface area contributed by atoms with Crippen molar-refractivity contribution in [2.75, 3.05) is 54.6 Å². The molecule has 0 saturated carbocycles. The van der Waals surface area contributed by atoms with Crippen LogP contribution in [0.3, 0.4) is 0 Å². The van der Waals surface area contributed by atoms with Gasteiger partial charge in [0.25, 0.3) is 11.1 Å². The summed E-state index contributed by atoms with van der Waals surface area (Å²) in [5.74, 6) is -0.651. The van der Waals surface area contributed by atoms with E-state index in [-0.39, 0.29) is 36.2 Å². The number of pyridine rings is 2. The molecule has 13 heteroatoms. The van der Waals surface area contributed by atoms with Gasteiger partial charge in [-0.05, 0) is 177 Å². The number of para-hydroxylation sites is 2. The normalized spacial score (nSPS) is 14.1. The quantitative estimate of drug-likeness (QED) is 0.0213. The van der Waals surface area contributed by atoms with E-state index >= 15 is 0 Å². The molecule has 2 aliphatic heterocycles. The molecule has 0 fully saturated rings. The van der Waals surface area contributed by atoms with Crippen LogP contribution in [0, 0.1) is 31.8 Å². The first-order chi connectivity index (χ1) is 50.2. The summed E-state index contributed by atoms with van der Waals surface area (Å²) in [5, 5.41) is 32.7. The fourth-order valence-electron chi connectivity index (χ4n) is 14.5. The van der Waals surface area contributed by atoms with Crippen LogP contribution in [0.4, 0.5) is 22.7 Å². The molecule has 0 saturated heterocycles. The highest BCUT2D eigenvalue weighted by Crippen LogP contribution is 2.50. The summed E-state index contributed by atoms with van der Waals surface area (Å²) in [5.41, 5.74) is 23.9. The second-order valence-electron chi connectivity index (χ2n) is 28.5. The largest absolute Gasteiger partial charge is 0.503 e. The molecule has 1 aliphatic carbocycles. The molecule has 0 bridgehead atoms. The minimum atomic E-state index is -0.609. The van der Waals surface area contributed by atoms with Crippen LogP contribution in [0.2, 0.25) is 0 Å². The number of allylic oxidation sites excluding steroid dienone is 12. The summed E-state index contributed by atoms with van der Waals surface area (Å²) >= 11 is 0. The molecule has 0 spiro atoms. The molecule has 13 nitrogen and oxygen atoms in total. The van der Waals surface area contributed by atoms with Gasteiger partial charge >= 0.3 is 0 Å². The number of aromatic hydroxyl groups is 2. The summed E-state index contributed by atoms with van der Waals surface area (Å²) < 4.78 is 10.1. The van der Waals surface area contributed by atoms with Crippen LogP contribution in [0.1, 0.15) is 180 Å². The van der Waals surface area contributed by atoms with Crippen molar-refractivity contribution in [1.29, 1.82) is 5.26 Å². The van der Waals surface area contributed by atoms with Crippen molar-refractivity contribution in [2.24, 2.45) is 0 Å². The molecule has 0 amide bonds. The predicted octanol–water partition coefficient (Wildman–Crippen LogP) is 19.6. The van der Waals surface area contributed by atoms with E-state index in [1.807, 2.05) is 6.07 Å². The highest BCUT2D eigenvalue weighted by atomic mass is 16.5. The molecule has 2 aromatic heterocycles. The monoisotopic (exact) mass is 1390 g/mol. The highest BCUT2D eigenvalue weighted by molar-refractivity contribution is 6.03. The number of fused-ring (bicyclic) bond motifs is 2. The van der Waals surface area contributed by atoms with E-state index in [9.17, 15) is 25.1 Å². The summed E-state index contributed by atoms with van der Waals surface area (Å²) in [6, 6.07) is 45.6. The number of hydrogen-bond acceptors (Lipinski definition) is 9. The van der Waals surface area contributed by atoms with E-state index in [1.165, 1.54) is 23.1 Å². The number of nitriles is 1. The maximum absolute atomic E-state index is 14.1. The zero-order valence-electron chi connectivity index (χ0n) is 63.0. The average Bonchev–Trinajstić information content (AvgIpc) is 1.62. The Morgan fingerprint density at radius 2 is 1.16 bits per heavy atom. The van der Waals surface area contributed by atoms with Crippen LogP contribution in [0.15, 0.2) is 208 Å². The molecule has 0 unspecified atom stereocenters. The molecular weight excluding hydrogens is 1290 g/mol. The fourth-order valence-corrected chi connectivity index (χ4v) is 14.5. The SMILES string of the molecule is [C-]#[N+]c1c(C)c(C=C=C2N(Cc3ccc(C(=CC=CC(=C4C=CC(=[N+](CCCC)CCCC)C=C4)c4ccc(CN5C(=C=Cc6c(C)c(C#N)c(=O)n(C(=C)C)c6O)C(C)(C)c6ccccc65)cc4)c4ccc(N(CCCC)CCCC)cc4)cc3)c3ccccc3C2(C)C)c(=O)n(CCOC)c1O. The van der Waals surface area contributed by atoms with Gasteiger partial charge in [0, 0.05) is 103 Å². The lowest BCUT2D eigenvalue weighted by Gasteiger charge is -2.25. The number of aromatic nitrogens is 2. The Morgan fingerprint density at radius 3 is 1.65 bits per heavy atom. The Kier molecular flexibility index (Phi) is 24.7. The molecule has 534 valence electrons. The Balaban J connectivity index is 1.06. The van der Waals surface area contributed by atoms with Crippen molar-refractivity contribution < 1.29 is 19.5 Å². The molecule has 3 aliphatic rings. The number of unbranched alkanes of at least 4 members (excludes halogenated alkanes) is 4. The third-order valence-electron chi connectivity index (χ3n) is 20.6. The summed E-state index contributed by atoms with van der Waals surface area (Å²) in [6.45, 7) is 39.9. The van der Waals surface area contributed by atoms with E-state index in [2.05, 4.69) is 261 Å². The third-order valence-corrected chi connectivity index (χ3v) is 20.6. The second kappa shape index (κ2) is 33.9. The van der Waals surface area contributed by atoms with E-state index in [4.69, 9.17) is 11.3 Å². The van der Waals surface area contributed by atoms with Crippen LogP contribution < -0.4 is 25.8 Å². The Morgan fingerprint density at radius 1 is 0.663 bits per heavy atom. The third kappa shape index (κ3) is 16.0. The topological polar surface area (TPSA) is 135 Å². The number of methoxy groups -OCH3 is 1. The first kappa shape index (κ1) is 75.7. The van der Waals surface area contributed by atoms with Crippen LogP contribution in [0.5, 0.6) is 11.8 Å². The Labute approximate surface area is 616 Å². The van der Waals surface area contributed by atoms with Gasteiger partial charge in [-0.2, -0.15) is 5.26 Å². The Bertz CT molecular complexity index is 4900. The number of rotatable bonds is 28. The zero-order valence-corrected chi connectivity index (χ0v) is 63.0. The molecule has 0 atom stereocenters.